The maximum Gasteiger partial charge on any atom is 0.261 e. The number of benzene rings is 2. The third-order valence-electron chi connectivity index (χ3n) is 6.97. The van der Waals surface area contributed by atoms with Gasteiger partial charge in [0, 0.05) is 51.7 Å². The highest BCUT2D eigenvalue weighted by atomic mass is 32.2. The lowest BCUT2D eigenvalue weighted by molar-refractivity contribution is 0.00901. The predicted molar refractivity (Wildman–Crippen MR) is 150 cm³/mol. The molecule has 1 aliphatic heterocycles. The van der Waals surface area contributed by atoms with E-state index in [1.54, 1.807) is 55.6 Å². The van der Waals surface area contributed by atoms with E-state index in [0.29, 0.717) is 25.4 Å². The van der Waals surface area contributed by atoms with Gasteiger partial charge in [-0.3, -0.25) is 19.4 Å². The molecule has 10 heteroatoms. The maximum absolute atomic E-state index is 13.6. The van der Waals surface area contributed by atoms with Gasteiger partial charge >= 0.3 is 0 Å². The molecule has 1 aromatic heterocycles. The summed E-state index contributed by atoms with van der Waals surface area (Å²) in [6, 6.07) is 18.7. The van der Waals surface area contributed by atoms with Gasteiger partial charge in [0.1, 0.15) is 12.4 Å². The molecule has 4 rings (SSSR count). The number of methoxy groups -OCH3 is 1. The summed E-state index contributed by atoms with van der Waals surface area (Å²) in [5, 5.41) is 0. The van der Waals surface area contributed by atoms with Crippen LogP contribution >= 0.6 is 0 Å². The van der Waals surface area contributed by atoms with E-state index >= 15 is 0 Å². The number of likely N-dealkylation sites (N-methyl/N-ethyl adjacent to an activating group) is 1. The Labute approximate surface area is 230 Å². The van der Waals surface area contributed by atoms with Gasteiger partial charge in [-0.25, -0.2) is 8.42 Å². The molecule has 3 atom stereocenters. The van der Waals surface area contributed by atoms with Crippen molar-refractivity contribution in [3.8, 4) is 5.75 Å². The molecule has 1 amide bonds. The Morgan fingerprint density at radius 3 is 2.49 bits per heavy atom. The molecule has 3 aromatic rings. The zero-order valence-corrected chi connectivity index (χ0v) is 23.6. The van der Waals surface area contributed by atoms with Crippen LogP contribution in [-0.4, -0.2) is 75.1 Å². The number of carbonyl (C=O) groups is 1. The number of amides is 1. The first-order valence-electron chi connectivity index (χ1n) is 12.9. The Bertz CT molecular complexity index is 1350. The third-order valence-corrected chi connectivity index (χ3v) is 8.37. The van der Waals surface area contributed by atoms with Crippen molar-refractivity contribution in [2.45, 2.75) is 37.4 Å². The highest BCUT2D eigenvalue weighted by Gasteiger charge is 2.29. The van der Waals surface area contributed by atoms with Crippen molar-refractivity contribution in [1.82, 2.24) is 14.8 Å². The van der Waals surface area contributed by atoms with Crippen molar-refractivity contribution < 1.29 is 22.7 Å². The molecule has 9 nitrogen and oxygen atoms in total. The number of rotatable bonds is 6. The van der Waals surface area contributed by atoms with Crippen LogP contribution in [0.1, 0.15) is 29.9 Å². The molecule has 0 saturated heterocycles. The van der Waals surface area contributed by atoms with Gasteiger partial charge in [0.25, 0.3) is 15.9 Å². The number of sulfonamides is 1. The number of ether oxygens (including phenoxy) is 2. The van der Waals surface area contributed by atoms with Crippen LogP contribution in [-0.2, 0) is 21.3 Å². The van der Waals surface area contributed by atoms with E-state index in [-0.39, 0.29) is 40.1 Å². The van der Waals surface area contributed by atoms with Crippen molar-refractivity contribution in [3.05, 3.63) is 84.2 Å². The average molecular weight is 553 g/mol. The molecule has 1 N–H and O–H groups in total. The van der Waals surface area contributed by atoms with E-state index in [1.807, 2.05) is 18.2 Å². The molecule has 0 saturated carbocycles. The van der Waals surface area contributed by atoms with E-state index < -0.39 is 10.0 Å². The van der Waals surface area contributed by atoms with E-state index in [2.05, 4.69) is 28.5 Å². The number of pyridine rings is 1. The molecule has 208 valence electrons. The summed E-state index contributed by atoms with van der Waals surface area (Å²) < 4.78 is 40.4. The first kappa shape index (κ1) is 28.5. The summed E-state index contributed by atoms with van der Waals surface area (Å²) >= 11 is 0. The lowest BCUT2D eigenvalue weighted by Crippen LogP contribution is -2.46. The second kappa shape index (κ2) is 12.6. The minimum Gasteiger partial charge on any atom is -0.491 e. The van der Waals surface area contributed by atoms with Gasteiger partial charge in [-0.15, -0.1) is 0 Å². The summed E-state index contributed by atoms with van der Waals surface area (Å²) in [6.07, 6.45) is 1.58. The van der Waals surface area contributed by atoms with Gasteiger partial charge in [-0.2, -0.15) is 0 Å². The highest BCUT2D eigenvalue weighted by Crippen LogP contribution is 2.28. The van der Waals surface area contributed by atoms with Gasteiger partial charge in [0.15, 0.2) is 0 Å². The van der Waals surface area contributed by atoms with Crippen LogP contribution < -0.4 is 9.46 Å². The Morgan fingerprint density at radius 2 is 1.79 bits per heavy atom. The largest absolute Gasteiger partial charge is 0.491 e. The maximum atomic E-state index is 13.6. The SMILES string of the molecule is CO[C@H]1CN(C)C(=O)c2cc(NS(=O)(=O)c3ccccc3)ccc2OC[C@H](C)N(Cc2ccccn2)C[C@H]1C. The van der Waals surface area contributed by atoms with Gasteiger partial charge in [-0.05, 0) is 55.3 Å². The van der Waals surface area contributed by atoms with Crippen LogP contribution in [0, 0.1) is 5.92 Å². The Kier molecular flexibility index (Phi) is 9.21. The molecule has 0 spiro atoms. The van der Waals surface area contributed by atoms with Crippen LogP contribution in [0.25, 0.3) is 0 Å². The Hall–Kier alpha value is -3.47. The number of anilines is 1. The standard InChI is InChI=1S/C29H36N4O5S/c1-21-17-33(18-24-10-8-9-15-30-24)22(2)20-38-27-14-13-23(31-39(35,36)25-11-6-5-7-12-25)16-26(27)29(34)32(3)19-28(21)37-4/h5-16,21-22,28,31H,17-20H2,1-4H3/t21-,22+,28+/m1/s1. The summed E-state index contributed by atoms with van der Waals surface area (Å²) in [4.78, 5) is 22.1. The van der Waals surface area contributed by atoms with Gasteiger partial charge in [0.2, 0.25) is 0 Å². The number of nitrogens with one attached hydrogen (secondary N) is 1. The van der Waals surface area contributed by atoms with Crippen LogP contribution in [0.2, 0.25) is 0 Å². The molecule has 0 radical (unpaired) electrons. The number of hydrogen-bond donors (Lipinski definition) is 1. The first-order chi connectivity index (χ1) is 18.7. The smallest absolute Gasteiger partial charge is 0.261 e. The van der Waals surface area contributed by atoms with Gasteiger partial charge < -0.3 is 14.4 Å². The fraction of sp³-hybridized carbons (Fsp3) is 0.379. The molecule has 2 heterocycles. The molecular weight excluding hydrogens is 516 g/mol. The Balaban J connectivity index is 1.65. The van der Waals surface area contributed by atoms with E-state index in [1.165, 1.54) is 18.2 Å². The average Bonchev–Trinajstić information content (AvgIpc) is 2.94. The van der Waals surface area contributed by atoms with E-state index in [4.69, 9.17) is 9.47 Å². The summed E-state index contributed by atoms with van der Waals surface area (Å²) in [7, 11) is -0.453. The molecule has 0 aliphatic carbocycles. The third kappa shape index (κ3) is 7.14. The number of hydrogen-bond acceptors (Lipinski definition) is 7. The zero-order chi connectivity index (χ0) is 28.0. The fourth-order valence-electron chi connectivity index (χ4n) is 4.65. The second-order valence-electron chi connectivity index (χ2n) is 9.98. The molecule has 2 aromatic carbocycles. The van der Waals surface area contributed by atoms with Crippen molar-refractivity contribution in [2.24, 2.45) is 5.92 Å². The summed E-state index contributed by atoms with van der Waals surface area (Å²) in [6.45, 7) is 6.27. The molecule has 1 aliphatic rings. The zero-order valence-electron chi connectivity index (χ0n) is 22.8. The normalized spacial score (nSPS) is 21.3. The Morgan fingerprint density at radius 1 is 1.05 bits per heavy atom. The van der Waals surface area contributed by atoms with Crippen LogP contribution in [0.3, 0.4) is 0 Å². The summed E-state index contributed by atoms with van der Waals surface area (Å²) in [5.74, 6) is 0.222. The van der Waals surface area contributed by atoms with E-state index in [0.717, 1.165) is 12.2 Å². The number of aromatic nitrogens is 1. The minimum absolute atomic E-state index is 0.00308. The molecular formula is C29H36N4O5S. The monoisotopic (exact) mass is 552 g/mol. The minimum atomic E-state index is -3.83. The molecule has 0 bridgehead atoms. The van der Waals surface area contributed by atoms with Crippen LogP contribution in [0.4, 0.5) is 5.69 Å². The van der Waals surface area contributed by atoms with Crippen LogP contribution in [0.5, 0.6) is 5.75 Å². The van der Waals surface area contributed by atoms with E-state index in [9.17, 15) is 13.2 Å². The lowest BCUT2D eigenvalue weighted by atomic mass is 10.0. The number of fused-ring (bicyclic) bond motifs is 1. The fourth-order valence-corrected chi connectivity index (χ4v) is 5.72. The van der Waals surface area contributed by atoms with Gasteiger partial charge in [0.05, 0.1) is 22.3 Å². The van der Waals surface area contributed by atoms with Crippen molar-refractivity contribution in [1.29, 1.82) is 0 Å². The first-order valence-corrected chi connectivity index (χ1v) is 14.4. The quantitative estimate of drug-likeness (QED) is 0.495. The number of nitrogens with zero attached hydrogens (tertiary/aromatic N) is 3. The molecule has 39 heavy (non-hydrogen) atoms. The lowest BCUT2D eigenvalue weighted by Gasteiger charge is -2.35. The topological polar surface area (TPSA) is 101 Å². The van der Waals surface area contributed by atoms with Crippen molar-refractivity contribution in [3.63, 3.8) is 0 Å². The molecule has 0 unspecified atom stereocenters. The molecule has 0 fully saturated rings. The van der Waals surface area contributed by atoms with Gasteiger partial charge in [-0.1, -0.05) is 31.2 Å². The number of carbonyl (C=O) groups excluding carboxylic acids is 1. The van der Waals surface area contributed by atoms with Crippen molar-refractivity contribution in [2.75, 3.05) is 38.6 Å². The van der Waals surface area contributed by atoms with Crippen LogP contribution in [0.15, 0.2) is 77.8 Å². The second-order valence-corrected chi connectivity index (χ2v) is 11.7. The highest BCUT2D eigenvalue weighted by molar-refractivity contribution is 7.92. The predicted octanol–water partition coefficient (Wildman–Crippen LogP) is 3.89. The van der Waals surface area contributed by atoms with Crippen molar-refractivity contribution >= 4 is 21.6 Å². The summed E-state index contributed by atoms with van der Waals surface area (Å²) in [5.41, 5.74) is 1.51.